The number of nitrogens with one attached hydrogen (secondary N) is 1. The molecule has 8 heteroatoms. The molecular weight excluding hydrogens is 274 g/mol. The van der Waals surface area contributed by atoms with Crippen LogP contribution < -0.4 is 5.32 Å². The molecule has 0 radical (unpaired) electrons. The van der Waals surface area contributed by atoms with Crippen LogP contribution in [-0.4, -0.2) is 28.6 Å². The molecular formula is C12H12F2N2O4. The highest BCUT2D eigenvalue weighted by Crippen LogP contribution is 2.32. The molecule has 1 aromatic rings. The Labute approximate surface area is 112 Å². The van der Waals surface area contributed by atoms with E-state index in [1.54, 1.807) is 0 Å². The van der Waals surface area contributed by atoms with Gasteiger partial charge in [0.1, 0.15) is 5.82 Å². The molecule has 0 heterocycles. The van der Waals surface area contributed by atoms with Crippen LogP contribution in [-0.2, 0) is 0 Å². The molecule has 1 aliphatic carbocycles. The minimum Gasteiger partial charge on any atom is -0.391 e. The summed E-state index contributed by atoms with van der Waals surface area (Å²) in [5.41, 5.74) is -1.60. The van der Waals surface area contributed by atoms with Crippen LogP contribution in [0.1, 0.15) is 23.2 Å². The minimum atomic E-state index is -1.35. The second-order valence-corrected chi connectivity index (χ2v) is 4.66. The summed E-state index contributed by atoms with van der Waals surface area (Å²) < 4.78 is 26.6. The lowest BCUT2D eigenvalue weighted by Gasteiger charge is -2.11. The molecule has 2 N–H and O–H groups in total. The molecule has 1 amide bonds. The second-order valence-electron chi connectivity index (χ2n) is 4.66. The first-order valence-electron chi connectivity index (χ1n) is 6.00. The highest BCUT2D eigenvalue weighted by molar-refractivity contribution is 5.95. The van der Waals surface area contributed by atoms with Gasteiger partial charge in [-0.05, 0) is 18.8 Å². The summed E-state index contributed by atoms with van der Waals surface area (Å²) in [5, 5.41) is 22.4. The van der Waals surface area contributed by atoms with Gasteiger partial charge in [0, 0.05) is 18.7 Å². The van der Waals surface area contributed by atoms with E-state index >= 15 is 0 Å². The van der Waals surface area contributed by atoms with Gasteiger partial charge in [0.25, 0.3) is 5.91 Å². The molecule has 0 spiro atoms. The number of rotatable bonds is 5. The summed E-state index contributed by atoms with van der Waals surface area (Å²) in [6.07, 6.45) is 1.01. The Kier molecular flexibility index (Phi) is 3.93. The van der Waals surface area contributed by atoms with E-state index in [-0.39, 0.29) is 12.5 Å². The van der Waals surface area contributed by atoms with Gasteiger partial charge in [0.05, 0.1) is 16.6 Å². The molecule has 1 fully saturated rings. The van der Waals surface area contributed by atoms with Crippen molar-refractivity contribution in [3.05, 3.63) is 39.4 Å². The number of carbonyl (C=O) groups excluding carboxylic acids is 1. The van der Waals surface area contributed by atoms with Crippen LogP contribution in [0, 0.1) is 27.7 Å². The maximum atomic E-state index is 13.5. The number of nitro benzene ring substituents is 1. The Bertz CT molecular complexity index is 561. The van der Waals surface area contributed by atoms with E-state index in [0.717, 1.165) is 12.8 Å². The van der Waals surface area contributed by atoms with Crippen LogP contribution in [0.2, 0.25) is 0 Å². The van der Waals surface area contributed by atoms with Gasteiger partial charge in [-0.2, -0.15) is 4.39 Å². The number of benzene rings is 1. The van der Waals surface area contributed by atoms with E-state index in [4.69, 9.17) is 0 Å². The predicted octanol–water partition coefficient (Wildman–Crippen LogP) is 1.37. The van der Waals surface area contributed by atoms with Crippen molar-refractivity contribution in [2.24, 2.45) is 5.92 Å². The number of hydrogen-bond donors (Lipinski definition) is 2. The van der Waals surface area contributed by atoms with Crippen molar-refractivity contribution in [3.8, 4) is 0 Å². The maximum absolute atomic E-state index is 13.5. The van der Waals surface area contributed by atoms with Crippen LogP contribution in [0.4, 0.5) is 14.5 Å². The number of carbonyl (C=O) groups is 1. The summed E-state index contributed by atoms with van der Waals surface area (Å²) in [5.74, 6) is -3.33. The van der Waals surface area contributed by atoms with Gasteiger partial charge in [0.2, 0.25) is 5.82 Å². The molecule has 0 aromatic heterocycles. The van der Waals surface area contributed by atoms with Crippen LogP contribution in [0.15, 0.2) is 12.1 Å². The normalized spacial score (nSPS) is 15.8. The minimum absolute atomic E-state index is 0.0753. The summed E-state index contributed by atoms with van der Waals surface area (Å²) in [6.45, 7) is -0.0753. The summed E-state index contributed by atoms with van der Waals surface area (Å²) >= 11 is 0. The predicted molar refractivity (Wildman–Crippen MR) is 64.1 cm³/mol. The summed E-state index contributed by atoms with van der Waals surface area (Å²) in [6, 6.07) is 0.841. The molecule has 0 saturated heterocycles. The van der Waals surface area contributed by atoms with Crippen molar-refractivity contribution < 1.29 is 23.6 Å². The molecule has 2 rings (SSSR count). The maximum Gasteiger partial charge on any atom is 0.305 e. The number of halogens is 2. The Hall–Kier alpha value is -2.09. The first-order valence-corrected chi connectivity index (χ1v) is 6.00. The fourth-order valence-electron chi connectivity index (χ4n) is 1.79. The monoisotopic (exact) mass is 286 g/mol. The Morgan fingerprint density at radius 1 is 1.45 bits per heavy atom. The lowest BCUT2D eigenvalue weighted by Crippen LogP contribution is -2.33. The second kappa shape index (κ2) is 5.49. The molecule has 1 aromatic carbocycles. The van der Waals surface area contributed by atoms with Crippen molar-refractivity contribution >= 4 is 11.6 Å². The van der Waals surface area contributed by atoms with Crippen LogP contribution in [0.5, 0.6) is 0 Å². The molecule has 1 aliphatic rings. The van der Waals surface area contributed by atoms with Gasteiger partial charge < -0.3 is 10.4 Å². The van der Waals surface area contributed by atoms with Crippen LogP contribution in [0.3, 0.4) is 0 Å². The van der Waals surface area contributed by atoms with Gasteiger partial charge in [-0.3, -0.25) is 14.9 Å². The van der Waals surface area contributed by atoms with Gasteiger partial charge >= 0.3 is 5.69 Å². The van der Waals surface area contributed by atoms with Gasteiger partial charge in [-0.15, -0.1) is 0 Å². The summed E-state index contributed by atoms with van der Waals surface area (Å²) in [7, 11) is 0. The standard InChI is InChI=1S/C12H12F2N2O4/c13-8-4-9(14)10(16(19)20)3-7(8)12(18)15-5-11(17)6-1-2-6/h3-4,6,11,17H,1-2,5H2,(H,15,18). The molecule has 1 saturated carbocycles. The molecule has 6 nitrogen and oxygen atoms in total. The number of aliphatic hydroxyl groups is 1. The largest absolute Gasteiger partial charge is 0.391 e. The van der Waals surface area contributed by atoms with E-state index in [0.29, 0.717) is 12.1 Å². The molecule has 1 unspecified atom stereocenters. The smallest absolute Gasteiger partial charge is 0.305 e. The van der Waals surface area contributed by atoms with Crippen LogP contribution >= 0.6 is 0 Å². The van der Waals surface area contributed by atoms with Crippen molar-refractivity contribution in [2.45, 2.75) is 18.9 Å². The van der Waals surface area contributed by atoms with Crippen molar-refractivity contribution in [3.63, 3.8) is 0 Å². The van der Waals surface area contributed by atoms with Crippen molar-refractivity contribution in [1.82, 2.24) is 5.32 Å². The Balaban J connectivity index is 2.12. The summed E-state index contributed by atoms with van der Waals surface area (Å²) in [4.78, 5) is 21.2. The first kappa shape index (κ1) is 14.3. The SMILES string of the molecule is O=C(NCC(O)C1CC1)c1cc([N+](=O)[O-])c(F)cc1F. The fourth-order valence-corrected chi connectivity index (χ4v) is 1.79. The van der Waals surface area contributed by atoms with E-state index in [2.05, 4.69) is 5.32 Å². The number of hydrogen-bond acceptors (Lipinski definition) is 4. The average Bonchev–Trinajstić information content (AvgIpc) is 3.19. The third kappa shape index (κ3) is 3.08. The van der Waals surface area contributed by atoms with Gasteiger partial charge in [-0.1, -0.05) is 0 Å². The molecule has 1 atom stereocenters. The third-order valence-corrected chi connectivity index (χ3v) is 3.12. The molecule has 0 bridgehead atoms. The number of nitrogens with zero attached hydrogens (tertiary/aromatic N) is 1. The van der Waals surface area contributed by atoms with Crippen LogP contribution in [0.25, 0.3) is 0 Å². The molecule has 0 aliphatic heterocycles. The molecule has 108 valence electrons. The quantitative estimate of drug-likeness (QED) is 0.631. The fraction of sp³-hybridized carbons (Fsp3) is 0.417. The number of amides is 1. The van der Waals surface area contributed by atoms with Crippen molar-refractivity contribution in [2.75, 3.05) is 6.54 Å². The topological polar surface area (TPSA) is 92.5 Å². The Morgan fingerprint density at radius 2 is 2.10 bits per heavy atom. The number of nitro groups is 1. The zero-order chi connectivity index (χ0) is 14.9. The van der Waals surface area contributed by atoms with Crippen molar-refractivity contribution in [1.29, 1.82) is 0 Å². The van der Waals surface area contributed by atoms with E-state index in [1.165, 1.54) is 0 Å². The van der Waals surface area contributed by atoms with Gasteiger partial charge in [0.15, 0.2) is 0 Å². The van der Waals surface area contributed by atoms with E-state index in [9.17, 15) is 28.8 Å². The zero-order valence-corrected chi connectivity index (χ0v) is 10.3. The molecule has 20 heavy (non-hydrogen) atoms. The first-order chi connectivity index (χ1) is 9.40. The number of aliphatic hydroxyl groups excluding tert-OH is 1. The highest BCUT2D eigenvalue weighted by atomic mass is 19.1. The average molecular weight is 286 g/mol. The lowest BCUT2D eigenvalue weighted by molar-refractivity contribution is -0.387. The van der Waals surface area contributed by atoms with Gasteiger partial charge in [-0.25, -0.2) is 4.39 Å². The Morgan fingerprint density at radius 3 is 2.65 bits per heavy atom. The lowest BCUT2D eigenvalue weighted by atomic mass is 10.1. The van der Waals surface area contributed by atoms with E-state index in [1.807, 2.05) is 0 Å². The zero-order valence-electron chi connectivity index (χ0n) is 10.3. The highest BCUT2D eigenvalue weighted by Gasteiger charge is 2.30. The van der Waals surface area contributed by atoms with E-state index < -0.39 is 39.8 Å². The third-order valence-electron chi connectivity index (χ3n) is 3.12.